The van der Waals surface area contributed by atoms with E-state index in [0.717, 1.165) is 30.1 Å². The van der Waals surface area contributed by atoms with Crippen LogP contribution in [0.4, 0.5) is 11.4 Å². The zero-order chi connectivity index (χ0) is 14.3. The Bertz CT molecular complexity index is 628. The fraction of sp³-hybridized carbons (Fsp3) is 0.471. The van der Waals surface area contributed by atoms with E-state index in [2.05, 4.69) is 36.7 Å². The van der Waals surface area contributed by atoms with Crippen LogP contribution in [0.2, 0.25) is 0 Å². The summed E-state index contributed by atoms with van der Waals surface area (Å²) < 4.78 is 0. The van der Waals surface area contributed by atoms with E-state index in [-0.39, 0.29) is 0 Å². The van der Waals surface area contributed by atoms with Crippen molar-refractivity contribution >= 4 is 22.1 Å². The van der Waals surface area contributed by atoms with Gasteiger partial charge in [0.15, 0.2) is 0 Å². The number of nitrogens with zero attached hydrogens (tertiary/aromatic N) is 2. The predicted octanol–water partition coefficient (Wildman–Crippen LogP) is 3.69. The number of anilines is 2. The second-order valence-corrected chi connectivity index (χ2v) is 6.89. The minimum atomic E-state index is 0.372. The molecule has 1 atom stereocenters. The lowest BCUT2D eigenvalue weighted by molar-refractivity contribution is 0.263. The number of pyridine rings is 1. The van der Waals surface area contributed by atoms with Gasteiger partial charge in [-0.05, 0) is 36.0 Å². The standard InChI is InChI=1S/C17H23N3/c1-17(2,3)12-7-9-20(11-12)16-5-4-15(18)13-6-8-19-10-14(13)16/h4-6,8,10,12H,7,9,11,18H2,1-3H3. The topological polar surface area (TPSA) is 42.1 Å². The van der Waals surface area contributed by atoms with Crippen molar-refractivity contribution in [3.05, 3.63) is 30.6 Å². The van der Waals surface area contributed by atoms with Gasteiger partial charge in [0.1, 0.15) is 0 Å². The number of hydrogen-bond donors (Lipinski definition) is 1. The second kappa shape index (κ2) is 4.65. The van der Waals surface area contributed by atoms with Gasteiger partial charge in [-0.2, -0.15) is 0 Å². The lowest BCUT2D eigenvalue weighted by Gasteiger charge is -2.28. The summed E-state index contributed by atoms with van der Waals surface area (Å²) in [6.45, 7) is 9.25. The highest BCUT2D eigenvalue weighted by molar-refractivity contribution is 6.00. The molecule has 1 aromatic heterocycles. The van der Waals surface area contributed by atoms with Gasteiger partial charge in [0.05, 0.1) is 0 Å². The molecule has 3 rings (SSSR count). The number of benzene rings is 1. The molecule has 1 aliphatic heterocycles. The number of hydrogen-bond acceptors (Lipinski definition) is 3. The first-order chi connectivity index (χ1) is 9.47. The summed E-state index contributed by atoms with van der Waals surface area (Å²) in [6, 6.07) is 6.16. The van der Waals surface area contributed by atoms with Crippen molar-refractivity contribution < 1.29 is 0 Å². The maximum Gasteiger partial charge on any atom is 0.0463 e. The van der Waals surface area contributed by atoms with E-state index in [1.165, 1.54) is 17.5 Å². The molecule has 1 aliphatic rings. The largest absolute Gasteiger partial charge is 0.398 e. The quantitative estimate of drug-likeness (QED) is 0.803. The molecular weight excluding hydrogens is 246 g/mol. The Morgan fingerprint density at radius 3 is 2.70 bits per heavy atom. The smallest absolute Gasteiger partial charge is 0.0463 e. The normalized spacial score (nSPS) is 19.8. The number of rotatable bonds is 1. The highest BCUT2D eigenvalue weighted by Gasteiger charge is 2.32. The molecule has 0 bridgehead atoms. The van der Waals surface area contributed by atoms with Crippen molar-refractivity contribution in [3.63, 3.8) is 0 Å². The fourth-order valence-electron chi connectivity index (χ4n) is 3.16. The van der Waals surface area contributed by atoms with Gasteiger partial charge in [0, 0.05) is 47.6 Å². The number of aromatic nitrogens is 1. The zero-order valence-electron chi connectivity index (χ0n) is 12.6. The summed E-state index contributed by atoms with van der Waals surface area (Å²) in [5.74, 6) is 0.742. The summed E-state index contributed by atoms with van der Waals surface area (Å²) in [4.78, 5) is 6.76. The zero-order valence-corrected chi connectivity index (χ0v) is 12.6. The Morgan fingerprint density at radius 1 is 1.20 bits per heavy atom. The van der Waals surface area contributed by atoms with Crippen LogP contribution in [0.25, 0.3) is 10.8 Å². The van der Waals surface area contributed by atoms with E-state index < -0.39 is 0 Å². The molecular formula is C17H23N3. The maximum absolute atomic E-state index is 6.07. The monoisotopic (exact) mass is 269 g/mol. The third kappa shape index (κ3) is 2.21. The average molecular weight is 269 g/mol. The minimum absolute atomic E-state index is 0.372. The van der Waals surface area contributed by atoms with Crippen LogP contribution in [0.3, 0.4) is 0 Å². The summed E-state index contributed by atoms with van der Waals surface area (Å²) in [6.07, 6.45) is 5.01. The first-order valence-electron chi connectivity index (χ1n) is 7.34. The van der Waals surface area contributed by atoms with E-state index >= 15 is 0 Å². The van der Waals surface area contributed by atoms with Crippen LogP contribution in [0.15, 0.2) is 30.6 Å². The van der Waals surface area contributed by atoms with Gasteiger partial charge in [-0.15, -0.1) is 0 Å². The molecule has 0 saturated carbocycles. The van der Waals surface area contributed by atoms with E-state index in [9.17, 15) is 0 Å². The second-order valence-electron chi connectivity index (χ2n) is 6.89. The van der Waals surface area contributed by atoms with Crippen molar-refractivity contribution in [1.82, 2.24) is 4.98 Å². The van der Waals surface area contributed by atoms with Gasteiger partial charge in [0.2, 0.25) is 0 Å². The molecule has 2 heterocycles. The Morgan fingerprint density at radius 2 is 2.00 bits per heavy atom. The van der Waals surface area contributed by atoms with Crippen molar-refractivity contribution in [2.24, 2.45) is 11.3 Å². The van der Waals surface area contributed by atoms with Crippen LogP contribution in [0, 0.1) is 11.3 Å². The van der Waals surface area contributed by atoms with Gasteiger partial charge in [-0.3, -0.25) is 4.98 Å². The van der Waals surface area contributed by atoms with Crippen molar-refractivity contribution in [1.29, 1.82) is 0 Å². The van der Waals surface area contributed by atoms with E-state index in [1.807, 2.05) is 24.5 Å². The molecule has 0 spiro atoms. The number of nitrogen functional groups attached to an aromatic ring is 1. The molecule has 106 valence electrons. The van der Waals surface area contributed by atoms with Crippen LogP contribution in [0.5, 0.6) is 0 Å². The number of nitrogens with two attached hydrogens (primary N) is 1. The summed E-state index contributed by atoms with van der Waals surface area (Å²) in [7, 11) is 0. The van der Waals surface area contributed by atoms with Gasteiger partial charge in [0.25, 0.3) is 0 Å². The lowest BCUT2D eigenvalue weighted by Crippen LogP contribution is -2.25. The van der Waals surface area contributed by atoms with Crippen LogP contribution in [-0.4, -0.2) is 18.1 Å². The summed E-state index contributed by atoms with van der Waals surface area (Å²) in [5, 5.41) is 2.28. The van der Waals surface area contributed by atoms with Crippen LogP contribution >= 0.6 is 0 Å². The highest BCUT2D eigenvalue weighted by atomic mass is 15.2. The van der Waals surface area contributed by atoms with Gasteiger partial charge in [-0.1, -0.05) is 20.8 Å². The average Bonchev–Trinajstić information content (AvgIpc) is 2.89. The Kier molecular flexibility index (Phi) is 3.08. The maximum atomic E-state index is 6.07. The van der Waals surface area contributed by atoms with Gasteiger partial charge >= 0.3 is 0 Å². The molecule has 2 N–H and O–H groups in total. The Hall–Kier alpha value is -1.77. The van der Waals surface area contributed by atoms with Crippen LogP contribution < -0.4 is 10.6 Å². The first-order valence-corrected chi connectivity index (χ1v) is 7.34. The third-order valence-electron chi connectivity index (χ3n) is 4.58. The molecule has 1 fully saturated rings. The molecule has 1 unspecified atom stereocenters. The SMILES string of the molecule is CC(C)(C)C1CCN(c2ccc(N)c3ccncc23)C1. The molecule has 2 aromatic rings. The fourth-order valence-corrected chi connectivity index (χ4v) is 3.16. The molecule has 0 aliphatic carbocycles. The Labute approximate surface area is 120 Å². The predicted molar refractivity (Wildman–Crippen MR) is 85.9 cm³/mol. The first kappa shape index (κ1) is 13.2. The molecule has 1 saturated heterocycles. The molecule has 20 heavy (non-hydrogen) atoms. The minimum Gasteiger partial charge on any atom is -0.398 e. The molecule has 3 heteroatoms. The van der Waals surface area contributed by atoms with Crippen molar-refractivity contribution in [3.8, 4) is 0 Å². The summed E-state index contributed by atoms with van der Waals surface area (Å²) in [5.41, 5.74) is 8.55. The Balaban J connectivity index is 1.98. The van der Waals surface area contributed by atoms with Crippen LogP contribution in [-0.2, 0) is 0 Å². The molecule has 0 amide bonds. The van der Waals surface area contributed by atoms with E-state index in [4.69, 9.17) is 5.73 Å². The third-order valence-corrected chi connectivity index (χ3v) is 4.58. The van der Waals surface area contributed by atoms with E-state index in [1.54, 1.807) is 0 Å². The number of fused-ring (bicyclic) bond motifs is 1. The molecule has 0 radical (unpaired) electrons. The van der Waals surface area contributed by atoms with Gasteiger partial charge in [-0.25, -0.2) is 0 Å². The lowest BCUT2D eigenvalue weighted by atomic mass is 9.80. The van der Waals surface area contributed by atoms with Gasteiger partial charge < -0.3 is 10.6 Å². The van der Waals surface area contributed by atoms with E-state index in [0.29, 0.717) is 5.41 Å². The van der Waals surface area contributed by atoms with Crippen LogP contribution in [0.1, 0.15) is 27.2 Å². The van der Waals surface area contributed by atoms with Crippen molar-refractivity contribution in [2.45, 2.75) is 27.2 Å². The molecule has 1 aromatic carbocycles. The summed E-state index contributed by atoms with van der Waals surface area (Å²) >= 11 is 0. The van der Waals surface area contributed by atoms with Crippen molar-refractivity contribution in [2.75, 3.05) is 23.7 Å². The molecule has 3 nitrogen and oxygen atoms in total. The highest BCUT2D eigenvalue weighted by Crippen LogP contribution is 2.38.